The van der Waals surface area contributed by atoms with E-state index in [1.54, 1.807) is 12.0 Å². The first kappa shape index (κ1) is 21.6. The van der Waals surface area contributed by atoms with Gasteiger partial charge in [0.1, 0.15) is 18.1 Å². The maximum Gasteiger partial charge on any atom is 0.222 e. The van der Waals surface area contributed by atoms with Crippen LogP contribution in [0.2, 0.25) is 0 Å². The van der Waals surface area contributed by atoms with Crippen molar-refractivity contribution in [2.24, 2.45) is 11.8 Å². The molecule has 2 rings (SSSR count). The third kappa shape index (κ3) is 7.12. The van der Waals surface area contributed by atoms with E-state index in [0.29, 0.717) is 31.4 Å². The van der Waals surface area contributed by atoms with Gasteiger partial charge in [0.05, 0.1) is 13.7 Å². The monoisotopic (exact) mass is 370 g/mol. The Kier molecular flexibility index (Phi) is 9.68. The molecule has 0 radical (unpaired) electrons. The van der Waals surface area contributed by atoms with Crippen molar-refractivity contribution < 1.29 is 14.3 Å². The lowest BCUT2D eigenvalue weighted by atomic mass is 9.84. The summed E-state index contributed by atoms with van der Waals surface area (Å²) in [4.78, 5) is 14.1. The number of hydrogen-bond donors (Lipinski definition) is 1. The fourth-order valence-corrected chi connectivity index (χ4v) is 3.11. The molecule has 0 aromatic heterocycles. The first-order chi connectivity index (χ1) is 11.6. The lowest BCUT2D eigenvalue weighted by Crippen LogP contribution is -2.35. The number of carbonyl (C=O) groups excluding carboxylic acids is 1. The number of nitrogens with one attached hydrogen (secondary N) is 1. The van der Waals surface area contributed by atoms with Crippen LogP contribution >= 0.6 is 12.4 Å². The minimum absolute atomic E-state index is 0. The summed E-state index contributed by atoms with van der Waals surface area (Å²) in [5, 5.41) is 3.38. The zero-order valence-corrected chi connectivity index (χ0v) is 16.3. The van der Waals surface area contributed by atoms with Crippen LogP contribution in [0.1, 0.15) is 26.2 Å². The van der Waals surface area contributed by atoms with E-state index in [2.05, 4.69) is 12.2 Å². The molecule has 6 heteroatoms. The average molecular weight is 371 g/mol. The number of likely N-dealkylation sites (N-methyl/N-ethyl adjacent to an activating group) is 1. The Balaban J connectivity index is 0.00000312. The molecule has 1 aliphatic heterocycles. The van der Waals surface area contributed by atoms with E-state index in [1.165, 1.54) is 12.8 Å². The van der Waals surface area contributed by atoms with Gasteiger partial charge in [-0.3, -0.25) is 4.79 Å². The Morgan fingerprint density at radius 2 is 1.84 bits per heavy atom. The van der Waals surface area contributed by atoms with Crippen molar-refractivity contribution in [2.45, 2.75) is 26.2 Å². The van der Waals surface area contributed by atoms with Gasteiger partial charge < -0.3 is 19.7 Å². The largest absolute Gasteiger partial charge is 0.497 e. The Bertz CT molecular complexity index is 504. The van der Waals surface area contributed by atoms with Crippen LogP contribution in [0.5, 0.6) is 11.5 Å². The van der Waals surface area contributed by atoms with Crippen LogP contribution in [0.15, 0.2) is 24.3 Å². The van der Waals surface area contributed by atoms with Crippen molar-refractivity contribution in [3.63, 3.8) is 0 Å². The summed E-state index contributed by atoms with van der Waals surface area (Å²) in [6, 6.07) is 7.48. The van der Waals surface area contributed by atoms with Gasteiger partial charge in [0.25, 0.3) is 0 Å². The minimum atomic E-state index is 0. The number of nitrogens with zero attached hydrogens (tertiary/aromatic N) is 1. The molecule has 142 valence electrons. The Labute approximate surface area is 157 Å². The van der Waals surface area contributed by atoms with Crippen molar-refractivity contribution in [1.29, 1.82) is 0 Å². The quantitative estimate of drug-likeness (QED) is 0.764. The second-order valence-electron chi connectivity index (χ2n) is 6.61. The molecule has 1 heterocycles. The SMILES string of the molecule is COc1ccc(OCCN(C)C(=O)CC(C)C2CCNCC2)cc1.Cl. The van der Waals surface area contributed by atoms with Gasteiger partial charge >= 0.3 is 0 Å². The van der Waals surface area contributed by atoms with Crippen molar-refractivity contribution >= 4 is 18.3 Å². The number of ether oxygens (including phenoxy) is 2. The number of rotatable bonds is 8. The number of carbonyl (C=O) groups is 1. The molecule has 1 aromatic carbocycles. The van der Waals surface area contributed by atoms with Gasteiger partial charge in [-0.25, -0.2) is 0 Å². The zero-order chi connectivity index (χ0) is 17.4. The topological polar surface area (TPSA) is 50.8 Å². The molecule has 1 amide bonds. The van der Waals surface area contributed by atoms with Crippen LogP contribution in [0.4, 0.5) is 0 Å². The standard InChI is InChI=1S/C19H30N2O3.ClH/c1-15(16-8-10-20-11-9-16)14-19(22)21(2)12-13-24-18-6-4-17(23-3)5-7-18;/h4-7,15-16,20H,8-14H2,1-3H3;1H. The smallest absolute Gasteiger partial charge is 0.222 e. The molecule has 1 atom stereocenters. The fourth-order valence-electron chi connectivity index (χ4n) is 3.11. The summed E-state index contributed by atoms with van der Waals surface area (Å²) < 4.78 is 10.8. The highest BCUT2D eigenvalue weighted by Crippen LogP contribution is 2.24. The van der Waals surface area contributed by atoms with Crippen molar-refractivity contribution in [3.8, 4) is 11.5 Å². The third-order valence-corrected chi connectivity index (χ3v) is 4.87. The first-order valence-corrected chi connectivity index (χ1v) is 8.81. The van der Waals surface area contributed by atoms with E-state index in [9.17, 15) is 4.79 Å². The molecule has 0 spiro atoms. The van der Waals surface area contributed by atoms with Gasteiger partial charge in [0.2, 0.25) is 5.91 Å². The number of halogens is 1. The molecule has 0 bridgehead atoms. The maximum absolute atomic E-state index is 12.4. The predicted octanol–water partition coefficient (Wildman–Crippen LogP) is 2.98. The van der Waals surface area contributed by atoms with Crippen LogP contribution in [-0.2, 0) is 4.79 Å². The lowest BCUT2D eigenvalue weighted by Gasteiger charge is -2.29. The summed E-state index contributed by atoms with van der Waals surface area (Å²) in [7, 11) is 3.50. The molecule has 0 aliphatic carbocycles. The Hall–Kier alpha value is -1.46. The van der Waals surface area contributed by atoms with Gasteiger partial charge in [-0.2, -0.15) is 0 Å². The van der Waals surface area contributed by atoms with E-state index in [1.807, 2.05) is 31.3 Å². The molecule has 1 aliphatic rings. The molecule has 25 heavy (non-hydrogen) atoms. The highest BCUT2D eigenvalue weighted by atomic mass is 35.5. The third-order valence-electron chi connectivity index (χ3n) is 4.87. The zero-order valence-electron chi connectivity index (χ0n) is 15.5. The van der Waals surface area contributed by atoms with Gasteiger partial charge in [0, 0.05) is 13.5 Å². The highest BCUT2D eigenvalue weighted by Gasteiger charge is 2.23. The molecule has 1 aromatic rings. The highest BCUT2D eigenvalue weighted by molar-refractivity contribution is 5.85. The molecule has 1 unspecified atom stereocenters. The van der Waals surface area contributed by atoms with Crippen LogP contribution in [0, 0.1) is 11.8 Å². The summed E-state index contributed by atoms with van der Waals surface area (Å²) in [5.41, 5.74) is 0. The number of benzene rings is 1. The summed E-state index contributed by atoms with van der Waals surface area (Å²) in [6.07, 6.45) is 2.99. The van der Waals surface area contributed by atoms with Crippen LogP contribution < -0.4 is 14.8 Å². The normalized spacial score (nSPS) is 15.8. The van der Waals surface area contributed by atoms with E-state index in [0.717, 1.165) is 24.6 Å². The van der Waals surface area contributed by atoms with Crippen LogP contribution in [-0.4, -0.2) is 51.2 Å². The minimum Gasteiger partial charge on any atom is -0.497 e. The number of methoxy groups -OCH3 is 1. The molecule has 5 nitrogen and oxygen atoms in total. The van der Waals surface area contributed by atoms with Crippen molar-refractivity contribution in [3.05, 3.63) is 24.3 Å². The predicted molar refractivity (Wildman–Crippen MR) is 103 cm³/mol. The summed E-state index contributed by atoms with van der Waals surface area (Å²) in [5.74, 6) is 2.92. The molecule has 0 saturated carbocycles. The number of amides is 1. The van der Waals surface area contributed by atoms with E-state index < -0.39 is 0 Å². The van der Waals surface area contributed by atoms with Gasteiger partial charge in [-0.1, -0.05) is 6.92 Å². The van der Waals surface area contributed by atoms with Gasteiger partial charge in [-0.15, -0.1) is 12.4 Å². The van der Waals surface area contributed by atoms with Crippen molar-refractivity contribution in [2.75, 3.05) is 40.4 Å². The van der Waals surface area contributed by atoms with E-state index in [4.69, 9.17) is 9.47 Å². The average Bonchev–Trinajstić information content (AvgIpc) is 2.62. The molecule has 1 saturated heterocycles. The Morgan fingerprint density at radius 1 is 1.24 bits per heavy atom. The molecule has 1 fully saturated rings. The Morgan fingerprint density at radius 3 is 2.44 bits per heavy atom. The second kappa shape index (κ2) is 11.2. The van der Waals surface area contributed by atoms with Crippen molar-refractivity contribution in [1.82, 2.24) is 10.2 Å². The summed E-state index contributed by atoms with van der Waals surface area (Å²) >= 11 is 0. The molecular weight excluding hydrogens is 340 g/mol. The fraction of sp³-hybridized carbons (Fsp3) is 0.632. The van der Waals surface area contributed by atoms with Gasteiger partial charge in [-0.05, 0) is 62.0 Å². The van der Waals surface area contributed by atoms with Crippen LogP contribution in [0.25, 0.3) is 0 Å². The first-order valence-electron chi connectivity index (χ1n) is 8.81. The van der Waals surface area contributed by atoms with E-state index in [-0.39, 0.29) is 18.3 Å². The molecular formula is C19H31ClN2O3. The number of piperidine rings is 1. The summed E-state index contributed by atoms with van der Waals surface area (Å²) in [6.45, 7) is 5.46. The van der Waals surface area contributed by atoms with Crippen LogP contribution in [0.3, 0.4) is 0 Å². The molecule has 1 N–H and O–H groups in total. The second-order valence-corrected chi connectivity index (χ2v) is 6.61. The maximum atomic E-state index is 12.4. The number of hydrogen-bond acceptors (Lipinski definition) is 4. The van der Waals surface area contributed by atoms with Gasteiger partial charge in [0.15, 0.2) is 0 Å². The van der Waals surface area contributed by atoms with E-state index >= 15 is 0 Å². The lowest BCUT2D eigenvalue weighted by molar-refractivity contribution is -0.131.